The van der Waals surface area contributed by atoms with E-state index in [4.69, 9.17) is 16.3 Å². The number of halogens is 1. The summed E-state index contributed by atoms with van der Waals surface area (Å²) < 4.78 is 5.58. The molecule has 0 aliphatic rings. The topological polar surface area (TPSA) is 64.1 Å². The highest BCUT2D eigenvalue weighted by Crippen LogP contribution is 2.27. The Morgan fingerprint density at radius 3 is 2.54 bits per heavy atom. The Hall–Kier alpha value is -2.44. The van der Waals surface area contributed by atoms with Crippen molar-refractivity contribution in [2.24, 2.45) is 0 Å². The fourth-order valence-electron chi connectivity index (χ4n) is 1.95. The molecule has 3 aromatic rings. The molecule has 122 valence electrons. The zero-order chi connectivity index (χ0) is 16.9. The summed E-state index contributed by atoms with van der Waals surface area (Å²) in [5, 5.41) is 12.6. The van der Waals surface area contributed by atoms with Gasteiger partial charge in [-0.1, -0.05) is 53.3 Å². The molecule has 7 heteroatoms. The number of hydrogen-bond acceptors (Lipinski definition) is 5. The number of amides is 1. The first kappa shape index (κ1) is 16.4. The molecular formula is C17H14ClN3O2S. The lowest BCUT2D eigenvalue weighted by atomic mass is 10.2. The maximum Gasteiger partial charge on any atom is 0.266 e. The van der Waals surface area contributed by atoms with Crippen molar-refractivity contribution in [3.8, 4) is 16.3 Å². The first-order valence-corrected chi connectivity index (χ1v) is 8.43. The van der Waals surface area contributed by atoms with E-state index in [1.165, 1.54) is 11.3 Å². The predicted molar refractivity (Wildman–Crippen MR) is 95.5 cm³/mol. The summed E-state index contributed by atoms with van der Waals surface area (Å²) in [7, 11) is 0. The molecule has 24 heavy (non-hydrogen) atoms. The van der Waals surface area contributed by atoms with Crippen molar-refractivity contribution in [1.29, 1.82) is 0 Å². The molecule has 0 saturated heterocycles. The van der Waals surface area contributed by atoms with Gasteiger partial charge in [0.25, 0.3) is 5.91 Å². The smallest absolute Gasteiger partial charge is 0.266 e. The van der Waals surface area contributed by atoms with Crippen molar-refractivity contribution >= 4 is 34.0 Å². The van der Waals surface area contributed by atoms with Crippen LogP contribution in [0.15, 0.2) is 54.6 Å². The van der Waals surface area contributed by atoms with Crippen LogP contribution >= 0.6 is 22.9 Å². The lowest BCUT2D eigenvalue weighted by Gasteiger charge is -2.13. The van der Waals surface area contributed by atoms with Gasteiger partial charge < -0.3 is 4.74 Å². The molecule has 0 aliphatic heterocycles. The van der Waals surface area contributed by atoms with Crippen LogP contribution in [-0.2, 0) is 4.79 Å². The number of ether oxygens (including phenoxy) is 1. The fourth-order valence-corrected chi connectivity index (χ4v) is 2.82. The maximum absolute atomic E-state index is 12.2. The summed E-state index contributed by atoms with van der Waals surface area (Å²) in [6.45, 7) is 1.68. The molecule has 1 heterocycles. The average Bonchev–Trinajstić information content (AvgIpc) is 3.05. The SMILES string of the molecule is C[C@H](Oc1ccccc1)C(=O)Nc1nnc(-c2ccc(Cl)cc2)s1. The van der Waals surface area contributed by atoms with Crippen molar-refractivity contribution in [1.82, 2.24) is 10.2 Å². The van der Waals surface area contributed by atoms with Gasteiger partial charge in [-0.2, -0.15) is 0 Å². The second kappa shape index (κ2) is 7.42. The average molecular weight is 360 g/mol. The van der Waals surface area contributed by atoms with E-state index in [0.717, 1.165) is 5.56 Å². The van der Waals surface area contributed by atoms with E-state index >= 15 is 0 Å². The Bertz CT molecular complexity index is 821. The van der Waals surface area contributed by atoms with Crippen LogP contribution in [0.1, 0.15) is 6.92 Å². The minimum absolute atomic E-state index is 0.280. The third-order valence-corrected chi connectivity index (χ3v) is 4.31. The first-order valence-electron chi connectivity index (χ1n) is 7.24. The van der Waals surface area contributed by atoms with Gasteiger partial charge in [0, 0.05) is 10.6 Å². The molecule has 3 rings (SSSR count). The van der Waals surface area contributed by atoms with Gasteiger partial charge in [0.1, 0.15) is 10.8 Å². The second-order valence-electron chi connectivity index (χ2n) is 4.98. The van der Waals surface area contributed by atoms with Crippen molar-refractivity contribution in [3.63, 3.8) is 0 Å². The third kappa shape index (κ3) is 4.10. The van der Waals surface area contributed by atoms with Crippen molar-refractivity contribution in [3.05, 3.63) is 59.6 Å². The lowest BCUT2D eigenvalue weighted by molar-refractivity contribution is -0.122. The molecule has 0 aliphatic carbocycles. The van der Waals surface area contributed by atoms with Gasteiger partial charge in [0.2, 0.25) is 5.13 Å². The standard InChI is InChI=1S/C17H14ClN3O2S/c1-11(23-14-5-3-2-4-6-14)15(22)19-17-21-20-16(24-17)12-7-9-13(18)10-8-12/h2-11H,1H3,(H,19,21,22)/t11-/m0/s1. The molecule has 0 fully saturated rings. The number of anilines is 1. The Balaban J connectivity index is 1.63. The number of aromatic nitrogens is 2. The number of benzene rings is 2. The predicted octanol–water partition coefficient (Wildman–Crippen LogP) is 4.26. The highest BCUT2D eigenvalue weighted by Gasteiger charge is 2.17. The summed E-state index contributed by atoms with van der Waals surface area (Å²) in [6.07, 6.45) is -0.643. The third-order valence-electron chi connectivity index (χ3n) is 3.17. The van der Waals surface area contributed by atoms with Gasteiger partial charge >= 0.3 is 0 Å². The van der Waals surface area contributed by atoms with Gasteiger partial charge in [0.15, 0.2) is 6.10 Å². The van der Waals surface area contributed by atoms with Crippen molar-refractivity contribution in [2.45, 2.75) is 13.0 Å². The zero-order valence-electron chi connectivity index (χ0n) is 12.8. The molecule has 0 saturated carbocycles. The second-order valence-corrected chi connectivity index (χ2v) is 6.40. The fraction of sp³-hybridized carbons (Fsp3) is 0.118. The molecule has 0 bridgehead atoms. The molecule has 1 N–H and O–H groups in total. The summed E-state index contributed by atoms with van der Waals surface area (Å²) in [5.74, 6) is 0.358. The molecule has 0 unspecified atom stereocenters. The Labute approximate surface area is 148 Å². The largest absolute Gasteiger partial charge is 0.481 e. The van der Waals surface area contributed by atoms with Gasteiger partial charge in [0.05, 0.1) is 0 Å². The van der Waals surface area contributed by atoms with Crippen LogP contribution < -0.4 is 10.1 Å². The number of carbonyl (C=O) groups excluding carboxylic acids is 1. The van der Waals surface area contributed by atoms with Gasteiger partial charge in [-0.25, -0.2) is 0 Å². The minimum atomic E-state index is -0.643. The van der Waals surface area contributed by atoms with E-state index in [2.05, 4.69) is 15.5 Å². The van der Waals surface area contributed by atoms with Crippen LogP contribution in [0.5, 0.6) is 5.75 Å². The highest BCUT2D eigenvalue weighted by molar-refractivity contribution is 7.18. The summed E-state index contributed by atoms with van der Waals surface area (Å²) in [6, 6.07) is 16.5. The van der Waals surface area contributed by atoms with Gasteiger partial charge in [-0.3, -0.25) is 10.1 Å². The number of hydrogen-bond donors (Lipinski definition) is 1. The highest BCUT2D eigenvalue weighted by atomic mass is 35.5. The molecular weight excluding hydrogens is 346 g/mol. The van der Waals surface area contributed by atoms with Crippen LogP contribution in [0.4, 0.5) is 5.13 Å². The van der Waals surface area contributed by atoms with Crippen LogP contribution in [0, 0.1) is 0 Å². The summed E-state index contributed by atoms with van der Waals surface area (Å²) >= 11 is 7.16. The number of carbonyl (C=O) groups is 1. The first-order chi connectivity index (χ1) is 11.6. The Morgan fingerprint density at radius 1 is 1.12 bits per heavy atom. The van der Waals surface area contributed by atoms with Crippen LogP contribution in [0.2, 0.25) is 5.02 Å². The van der Waals surface area contributed by atoms with E-state index < -0.39 is 6.10 Å². The van der Waals surface area contributed by atoms with Crippen LogP contribution in [0.3, 0.4) is 0 Å². The summed E-state index contributed by atoms with van der Waals surface area (Å²) in [4.78, 5) is 12.2. The number of para-hydroxylation sites is 1. The zero-order valence-corrected chi connectivity index (χ0v) is 14.3. The quantitative estimate of drug-likeness (QED) is 0.739. The van der Waals surface area contributed by atoms with E-state index in [1.807, 2.05) is 30.3 Å². The van der Waals surface area contributed by atoms with Crippen molar-refractivity contribution < 1.29 is 9.53 Å². The van der Waals surface area contributed by atoms with E-state index in [-0.39, 0.29) is 5.91 Å². The summed E-state index contributed by atoms with van der Waals surface area (Å²) in [5.41, 5.74) is 0.894. The Kier molecular flexibility index (Phi) is 5.08. The minimum Gasteiger partial charge on any atom is -0.481 e. The number of nitrogens with one attached hydrogen (secondary N) is 1. The lowest BCUT2D eigenvalue weighted by Crippen LogP contribution is -2.30. The molecule has 5 nitrogen and oxygen atoms in total. The van der Waals surface area contributed by atoms with Crippen molar-refractivity contribution in [2.75, 3.05) is 5.32 Å². The molecule has 2 aromatic carbocycles. The normalized spacial score (nSPS) is 11.8. The van der Waals surface area contributed by atoms with E-state index in [0.29, 0.717) is 20.9 Å². The molecule has 0 spiro atoms. The molecule has 1 aromatic heterocycles. The van der Waals surface area contributed by atoms with Crippen LogP contribution in [0.25, 0.3) is 10.6 Å². The monoisotopic (exact) mass is 359 g/mol. The number of nitrogens with zero attached hydrogens (tertiary/aromatic N) is 2. The van der Waals surface area contributed by atoms with Crippen LogP contribution in [-0.4, -0.2) is 22.2 Å². The molecule has 1 amide bonds. The Morgan fingerprint density at radius 2 is 1.83 bits per heavy atom. The van der Waals surface area contributed by atoms with Gasteiger partial charge in [-0.15, -0.1) is 10.2 Å². The molecule has 1 atom stereocenters. The maximum atomic E-state index is 12.2. The molecule has 0 radical (unpaired) electrons. The van der Waals surface area contributed by atoms with Gasteiger partial charge in [-0.05, 0) is 31.2 Å². The van der Waals surface area contributed by atoms with E-state index in [1.54, 1.807) is 31.2 Å². The van der Waals surface area contributed by atoms with E-state index in [9.17, 15) is 4.79 Å². The number of rotatable bonds is 5.